The van der Waals surface area contributed by atoms with E-state index >= 15 is 0 Å². The molecule has 0 unspecified atom stereocenters. The summed E-state index contributed by atoms with van der Waals surface area (Å²) in [6.45, 7) is 2.67. The fourth-order valence-corrected chi connectivity index (χ4v) is 3.90. The van der Waals surface area contributed by atoms with Crippen molar-refractivity contribution in [2.45, 2.75) is 31.8 Å². The number of hydrogen-bond acceptors (Lipinski definition) is 3. The first-order valence-electron chi connectivity index (χ1n) is 8.42. The fraction of sp³-hybridized carbons (Fsp3) is 0.444. The third-order valence-electron chi connectivity index (χ3n) is 4.97. The SMILES string of the molecule is CCN(CC(=O)O)C1CC(NC(=O)c2c(Cl)c3ccccc3n2C)C1. The van der Waals surface area contributed by atoms with Crippen molar-refractivity contribution >= 4 is 34.4 Å². The van der Waals surface area contributed by atoms with E-state index < -0.39 is 5.97 Å². The first-order valence-corrected chi connectivity index (χ1v) is 8.79. The van der Waals surface area contributed by atoms with E-state index in [1.807, 2.05) is 47.7 Å². The Bertz CT molecular complexity index is 772. The minimum Gasteiger partial charge on any atom is -0.480 e. The van der Waals surface area contributed by atoms with Gasteiger partial charge in [0.25, 0.3) is 5.91 Å². The first kappa shape index (κ1) is 17.8. The molecule has 3 rings (SSSR count). The van der Waals surface area contributed by atoms with Gasteiger partial charge < -0.3 is 15.0 Å². The van der Waals surface area contributed by atoms with Gasteiger partial charge in [0, 0.05) is 30.0 Å². The highest BCUT2D eigenvalue weighted by atomic mass is 35.5. The summed E-state index contributed by atoms with van der Waals surface area (Å²) < 4.78 is 1.81. The number of aromatic nitrogens is 1. The van der Waals surface area contributed by atoms with E-state index in [2.05, 4.69) is 5.32 Å². The van der Waals surface area contributed by atoms with Gasteiger partial charge in [-0.15, -0.1) is 0 Å². The van der Waals surface area contributed by atoms with E-state index in [4.69, 9.17) is 16.7 Å². The molecule has 2 aromatic rings. The maximum absolute atomic E-state index is 12.7. The van der Waals surface area contributed by atoms with E-state index in [0.717, 1.165) is 23.7 Å². The van der Waals surface area contributed by atoms with Crippen molar-refractivity contribution in [2.75, 3.05) is 13.1 Å². The molecule has 1 aliphatic carbocycles. The summed E-state index contributed by atoms with van der Waals surface area (Å²) in [5.41, 5.74) is 1.38. The number of carbonyl (C=O) groups excluding carboxylic acids is 1. The fourth-order valence-electron chi connectivity index (χ4n) is 3.53. The van der Waals surface area contributed by atoms with Crippen LogP contribution in [0.25, 0.3) is 10.9 Å². The molecule has 134 valence electrons. The number of nitrogens with zero attached hydrogens (tertiary/aromatic N) is 2. The van der Waals surface area contributed by atoms with Gasteiger partial charge in [-0.05, 0) is 25.5 Å². The molecule has 1 aliphatic rings. The molecule has 1 aromatic heterocycles. The molecule has 1 heterocycles. The van der Waals surface area contributed by atoms with Crippen LogP contribution in [0, 0.1) is 0 Å². The molecule has 0 radical (unpaired) electrons. The largest absolute Gasteiger partial charge is 0.480 e. The molecule has 1 fully saturated rings. The summed E-state index contributed by atoms with van der Waals surface area (Å²) in [7, 11) is 1.83. The van der Waals surface area contributed by atoms with Crippen LogP contribution in [-0.2, 0) is 11.8 Å². The number of amides is 1. The second-order valence-electron chi connectivity index (χ2n) is 6.49. The molecular formula is C18H22ClN3O3. The molecule has 0 bridgehead atoms. The van der Waals surface area contributed by atoms with Gasteiger partial charge >= 0.3 is 5.97 Å². The van der Waals surface area contributed by atoms with Crippen molar-refractivity contribution in [3.63, 3.8) is 0 Å². The van der Waals surface area contributed by atoms with Gasteiger partial charge in [0.15, 0.2) is 0 Å². The normalized spacial score (nSPS) is 19.8. The number of benzene rings is 1. The third kappa shape index (κ3) is 3.37. The Morgan fingerprint density at radius 3 is 2.64 bits per heavy atom. The van der Waals surface area contributed by atoms with Gasteiger partial charge in [-0.25, -0.2) is 0 Å². The number of carboxylic acid groups (broad SMARTS) is 1. The van der Waals surface area contributed by atoms with Gasteiger partial charge in [0.1, 0.15) is 5.69 Å². The molecule has 2 N–H and O–H groups in total. The number of carbonyl (C=O) groups is 2. The molecule has 1 saturated carbocycles. The van der Waals surface area contributed by atoms with Gasteiger partial charge in [0.2, 0.25) is 0 Å². The Labute approximate surface area is 151 Å². The van der Waals surface area contributed by atoms with Crippen molar-refractivity contribution < 1.29 is 14.7 Å². The highest BCUT2D eigenvalue weighted by Crippen LogP contribution is 2.31. The average Bonchev–Trinajstić information content (AvgIpc) is 2.80. The predicted octanol–water partition coefficient (Wildman–Crippen LogP) is 2.50. The van der Waals surface area contributed by atoms with Gasteiger partial charge in [0.05, 0.1) is 11.6 Å². The topological polar surface area (TPSA) is 74.6 Å². The van der Waals surface area contributed by atoms with Crippen LogP contribution < -0.4 is 5.32 Å². The summed E-state index contributed by atoms with van der Waals surface area (Å²) in [4.78, 5) is 25.5. The Kier molecular flexibility index (Phi) is 5.01. The highest BCUT2D eigenvalue weighted by Gasteiger charge is 2.35. The van der Waals surface area contributed by atoms with Gasteiger partial charge in [-0.1, -0.05) is 36.7 Å². The van der Waals surface area contributed by atoms with Crippen LogP contribution in [0.3, 0.4) is 0 Å². The highest BCUT2D eigenvalue weighted by molar-refractivity contribution is 6.38. The van der Waals surface area contributed by atoms with Crippen LogP contribution in [0.15, 0.2) is 24.3 Å². The molecule has 0 spiro atoms. The smallest absolute Gasteiger partial charge is 0.317 e. The molecular weight excluding hydrogens is 342 g/mol. The number of rotatable bonds is 6. The monoisotopic (exact) mass is 363 g/mol. The minimum atomic E-state index is -0.823. The molecule has 6 nitrogen and oxygen atoms in total. The third-order valence-corrected chi connectivity index (χ3v) is 5.35. The Balaban J connectivity index is 1.66. The molecule has 0 aliphatic heterocycles. The summed E-state index contributed by atoms with van der Waals surface area (Å²) >= 11 is 6.41. The summed E-state index contributed by atoms with van der Waals surface area (Å²) in [6, 6.07) is 7.90. The van der Waals surface area contributed by atoms with Crippen molar-refractivity contribution in [3.05, 3.63) is 35.0 Å². The van der Waals surface area contributed by atoms with Gasteiger partial charge in [-0.2, -0.15) is 0 Å². The van der Waals surface area contributed by atoms with Crippen molar-refractivity contribution in [2.24, 2.45) is 7.05 Å². The number of nitrogens with one attached hydrogen (secondary N) is 1. The number of likely N-dealkylation sites (N-methyl/N-ethyl adjacent to an activating group) is 1. The van der Waals surface area contributed by atoms with Crippen LogP contribution in [0.4, 0.5) is 0 Å². The lowest BCUT2D eigenvalue weighted by molar-refractivity contribution is -0.139. The Morgan fingerprint density at radius 2 is 2.04 bits per heavy atom. The van der Waals surface area contributed by atoms with Crippen molar-refractivity contribution in [1.82, 2.24) is 14.8 Å². The zero-order valence-corrected chi connectivity index (χ0v) is 15.1. The Morgan fingerprint density at radius 1 is 1.36 bits per heavy atom. The first-order chi connectivity index (χ1) is 11.9. The van der Waals surface area contributed by atoms with E-state index in [9.17, 15) is 9.59 Å². The van der Waals surface area contributed by atoms with E-state index in [1.54, 1.807) is 0 Å². The Hall–Kier alpha value is -2.05. The summed E-state index contributed by atoms with van der Waals surface area (Å²) in [5, 5.41) is 13.3. The second-order valence-corrected chi connectivity index (χ2v) is 6.87. The zero-order chi connectivity index (χ0) is 18.1. The zero-order valence-electron chi connectivity index (χ0n) is 14.3. The minimum absolute atomic E-state index is 0.0386. The standard InChI is InChI=1S/C18H22ClN3O3/c1-3-22(10-15(23)24)12-8-11(9-12)20-18(25)17-16(19)13-6-4-5-7-14(13)21(17)2/h4-7,11-12H,3,8-10H2,1-2H3,(H,20,25)(H,23,24). The van der Waals surface area contributed by atoms with Crippen LogP contribution in [0.1, 0.15) is 30.3 Å². The number of aliphatic carboxylic acids is 1. The lowest BCUT2D eigenvalue weighted by Crippen LogP contribution is -2.55. The van der Waals surface area contributed by atoms with Crippen molar-refractivity contribution in [3.8, 4) is 0 Å². The number of hydrogen-bond donors (Lipinski definition) is 2. The van der Waals surface area contributed by atoms with Crippen LogP contribution in [0.2, 0.25) is 5.02 Å². The predicted molar refractivity (Wildman–Crippen MR) is 97.1 cm³/mol. The lowest BCUT2D eigenvalue weighted by Gasteiger charge is -2.42. The van der Waals surface area contributed by atoms with E-state index in [-0.39, 0.29) is 24.5 Å². The maximum Gasteiger partial charge on any atom is 0.317 e. The van der Waals surface area contributed by atoms with Crippen LogP contribution in [-0.4, -0.2) is 51.6 Å². The summed E-state index contributed by atoms with van der Waals surface area (Å²) in [6.07, 6.45) is 1.52. The molecule has 1 amide bonds. The van der Waals surface area contributed by atoms with E-state index in [0.29, 0.717) is 17.3 Å². The maximum atomic E-state index is 12.7. The van der Waals surface area contributed by atoms with Crippen LogP contribution in [0.5, 0.6) is 0 Å². The molecule has 25 heavy (non-hydrogen) atoms. The number of carboxylic acids is 1. The number of aryl methyl sites for hydroxylation is 1. The molecule has 7 heteroatoms. The molecule has 0 saturated heterocycles. The lowest BCUT2D eigenvalue weighted by atomic mass is 9.85. The van der Waals surface area contributed by atoms with Gasteiger partial charge in [-0.3, -0.25) is 14.5 Å². The number of halogens is 1. The second kappa shape index (κ2) is 7.06. The molecule has 1 aromatic carbocycles. The molecule has 0 atom stereocenters. The quantitative estimate of drug-likeness (QED) is 0.827. The summed E-state index contributed by atoms with van der Waals surface area (Å²) in [5.74, 6) is -1.01. The number of para-hydroxylation sites is 1. The van der Waals surface area contributed by atoms with E-state index in [1.165, 1.54) is 0 Å². The van der Waals surface area contributed by atoms with Crippen molar-refractivity contribution in [1.29, 1.82) is 0 Å². The average molecular weight is 364 g/mol. The number of fused-ring (bicyclic) bond motifs is 1. The van der Waals surface area contributed by atoms with Crippen LogP contribution >= 0.6 is 11.6 Å².